The van der Waals surface area contributed by atoms with Crippen molar-refractivity contribution < 1.29 is 14.3 Å². The number of ether oxygens (including phenoxy) is 2. The van der Waals surface area contributed by atoms with Gasteiger partial charge in [0.25, 0.3) is 0 Å². The Kier molecular flexibility index (Phi) is 6.45. The molecule has 0 saturated carbocycles. The molecule has 108 valence electrons. The second kappa shape index (κ2) is 7.60. The highest BCUT2D eigenvalue weighted by Crippen LogP contribution is 2.34. The maximum atomic E-state index is 11.3. The lowest BCUT2D eigenvalue weighted by Crippen LogP contribution is -2.26. The summed E-state index contributed by atoms with van der Waals surface area (Å²) in [5.41, 5.74) is 0.656. The van der Waals surface area contributed by atoms with Gasteiger partial charge < -0.3 is 9.47 Å². The molecule has 0 amide bonds. The molecule has 1 aromatic rings. The summed E-state index contributed by atoms with van der Waals surface area (Å²) in [5, 5.41) is 3.01. The zero-order valence-electron chi connectivity index (χ0n) is 12.2. The van der Waals surface area contributed by atoms with Crippen molar-refractivity contribution >= 4 is 17.3 Å². The molecule has 0 bridgehead atoms. The molecule has 0 aromatic carbocycles. The molecular weight excluding hydrogens is 262 g/mol. The van der Waals surface area contributed by atoms with E-state index in [1.807, 2.05) is 12.3 Å². The molecule has 0 saturated heterocycles. The monoisotopic (exact) mass is 285 g/mol. The van der Waals surface area contributed by atoms with Crippen LogP contribution < -0.4 is 0 Å². The highest BCUT2D eigenvalue weighted by molar-refractivity contribution is 7.09. The maximum Gasteiger partial charge on any atom is 0.306 e. The number of carbonyl (C=O) groups is 1. The first-order chi connectivity index (χ1) is 9.11. The first-order valence-corrected chi connectivity index (χ1v) is 7.65. The number of carbonyl (C=O) groups excluding carboxylic acids is 1. The Balaban J connectivity index is 2.68. The van der Waals surface area contributed by atoms with Crippen LogP contribution in [0, 0.1) is 0 Å². The largest absolute Gasteiger partial charge is 0.466 e. The Morgan fingerprint density at radius 1 is 1.37 bits per heavy atom. The van der Waals surface area contributed by atoms with E-state index in [4.69, 9.17) is 9.47 Å². The van der Waals surface area contributed by atoms with E-state index < -0.39 is 0 Å². The molecule has 0 aliphatic carbocycles. The van der Waals surface area contributed by atoms with Crippen molar-refractivity contribution in [2.75, 3.05) is 13.7 Å². The molecule has 1 rings (SSSR count). The van der Waals surface area contributed by atoms with Crippen LogP contribution in [0.2, 0.25) is 0 Å². The number of rotatable bonds is 8. The lowest BCUT2D eigenvalue weighted by atomic mass is 9.98. The molecule has 0 aliphatic rings. The van der Waals surface area contributed by atoms with Crippen LogP contribution >= 0.6 is 11.3 Å². The summed E-state index contributed by atoms with van der Waals surface area (Å²) in [6.07, 6.45) is 2.80. The highest BCUT2D eigenvalue weighted by Gasteiger charge is 2.31. The first-order valence-electron chi connectivity index (χ1n) is 6.77. The normalized spacial score (nSPS) is 11.6. The van der Waals surface area contributed by atoms with Gasteiger partial charge in [-0.05, 0) is 19.8 Å². The first kappa shape index (κ1) is 16.1. The number of esters is 1. The minimum Gasteiger partial charge on any atom is -0.466 e. The fraction of sp³-hybridized carbons (Fsp3) is 0.714. The molecule has 0 radical (unpaired) electrons. The Bertz CT molecular complexity index is 391. The van der Waals surface area contributed by atoms with Crippen LogP contribution in [-0.4, -0.2) is 24.7 Å². The summed E-state index contributed by atoms with van der Waals surface area (Å²) in [6.45, 7) is 6.45. The third-order valence-electron chi connectivity index (χ3n) is 3.37. The minimum absolute atomic E-state index is 0.166. The fourth-order valence-corrected chi connectivity index (χ4v) is 3.20. The van der Waals surface area contributed by atoms with E-state index in [1.165, 1.54) is 0 Å². The van der Waals surface area contributed by atoms with E-state index >= 15 is 0 Å². The molecule has 4 nitrogen and oxygen atoms in total. The van der Waals surface area contributed by atoms with Crippen molar-refractivity contribution in [2.45, 2.75) is 52.1 Å². The molecule has 5 heteroatoms. The Morgan fingerprint density at radius 2 is 2.05 bits per heavy atom. The Morgan fingerprint density at radius 3 is 2.58 bits per heavy atom. The standard InChI is InChI=1S/C14H23NO3S/c1-5-14(6-2,17-4)13-15-11(10-19-13)8-9-12(16)18-7-3/h10H,5-9H2,1-4H3. The molecule has 0 unspecified atom stereocenters. The molecule has 0 spiro atoms. The third kappa shape index (κ3) is 4.01. The van der Waals surface area contributed by atoms with Gasteiger partial charge in [-0.3, -0.25) is 4.79 Å². The molecule has 1 aromatic heterocycles. The van der Waals surface area contributed by atoms with Crippen LogP contribution in [0.15, 0.2) is 5.38 Å². The number of thiazole rings is 1. The molecule has 0 N–H and O–H groups in total. The van der Waals surface area contributed by atoms with E-state index in [2.05, 4.69) is 18.8 Å². The lowest BCUT2D eigenvalue weighted by Gasteiger charge is -2.27. The zero-order valence-corrected chi connectivity index (χ0v) is 13.0. The Labute approximate surface area is 119 Å². The van der Waals surface area contributed by atoms with Crippen molar-refractivity contribution in [3.63, 3.8) is 0 Å². The topological polar surface area (TPSA) is 48.4 Å². The van der Waals surface area contributed by atoms with E-state index in [0.717, 1.165) is 23.5 Å². The molecule has 0 atom stereocenters. The van der Waals surface area contributed by atoms with Gasteiger partial charge in [0, 0.05) is 18.9 Å². The number of methoxy groups -OCH3 is 1. The summed E-state index contributed by atoms with van der Waals surface area (Å²) in [6, 6.07) is 0. The van der Waals surface area contributed by atoms with Gasteiger partial charge in [0.2, 0.25) is 0 Å². The third-order valence-corrected chi connectivity index (χ3v) is 4.44. The predicted octanol–water partition coefficient (Wildman–Crippen LogP) is 3.30. The predicted molar refractivity (Wildman–Crippen MR) is 76.3 cm³/mol. The average Bonchev–Trinajstić information content (AvgIpc) is 2.89. The maximum absolute atomic E-state index is 11.3. The number of hydrogen-bond acceptors (Lipinski definition) is 5. The fourth-order valence-electron chi connectivity index (χ4n) is 2.02. The lowest BCUT2D eigenvalue weighted by molar-refractivity contribution is -0.143. The van der Waals surface area contributed by atoms with Crippen molar-refractivity contribution in [3.05, 3.63) is 16.1 Å². The van der Waals surface area contributed by atoms with Crippen LogP contribution in [0.4, 0.5) is 0 Å². The smallest absolute Gasteiger partial charge is 0.306 e. The highest BCUT2D eigenvalue weighted by atomic mass is 32.1. The van der Waals surface area contributed by atoms with Gasteiger partial charge in [0.1, 0.15) is 10.6 Å². The SMILES string of the molecule is CCOC(=O)CCc1csc(C(CC)(CC)OC)n1. The van der Waals surface area contributed by atoms with Gasteiger partial charge >= 0.3 is 5.97 Å². The zero-order chi connectivity index (χ0) is 14.3. The van der Waals surface area contributed by atoms with Crippen molar-refractivity contribution in [3.8, 4) is 0 Å². The summed E-state index contributed by atoms with van der Waals surface area (Å²) in [7, 11) is 1.73. The molecular formula is C14H23NO3S. The molecule has 1 heterocycles. The van der Waals surface area contributed by atoms with Crippen LogP contribution in [-0.2, 0) is 26.3 Å². The second-order valence-electron chi connectivity index (χ2n) is 4.35. The molecule has 0 aliphatic heterocycles. The summed E-state index contributed by atoms with van der Waals surface area (Å²) in [5.74, 6) is -0.166. The molecule has 0 fully saturated rings. The van der Waals surface area contributed by atoms with E-state index in [9.17, 15) is 4.79 Å². The van der Waals surface area contributed by atoms with E-state index in [-0.39, 0.29) is 11.6 Å². The van der Waals surface area contributed by atoms with Crippen molar-refractivity contribution in [1.82, 2.24) is 4.98 Å². The van der Waals surface area contributed by atoms with Crippen LogP contribution in [0.25, 0.3) is 0 Å². The van der Waals surface area contributed by atoms with Crippen molar-refractivity contribution in [1.29, 1.82) is 0 Å². The number of aryl methyl sites for hydroxylation is 1. The molecule has 19 heavy (non-hydrogen) atoms. The summed E-state index contributed by atoms with van der Waals surface area (Å²) in [4.78, 5) is 15.9. The quantitative estimate of drug-likeness (QED) is 0.688. The van der Waals surface area contributed by atoms with Crippen LogP contribution in [0.1, 0.15) is 50.7 Å². The van der Waals surface area contributed by atoms with Crippen LogP contribution in [0.5, 0.6) is 0 Å². The number of hydrogen-bond donors (Lipinski definition) is 0. The van der Waals surface area contributed by atoms with Gasteiger partial charge in [-0.25, -0.2) is 4.98 Å². The van der Waals surface area contributed by atoms with Gasteiger partial charge in [-0.15, -0.1) is 11.3 Å². The summed E-state index contributed by atoms with van der Waals surface area (Å²) >= 11 is 1.61. The Hall–Kier alpha value is -0.940. The second-order valence-corrected chi connectivity index (χ2v) is 5.21. The number of nitrogens with zero attached hydrogens (tertiary/aromatic N) is 1. The van der Waals surface area contributed by atoms with E-state index in [1.54, 1.807) is 18.4 Å². The van der Waals surface area contributed by atoms with Gasteiger partial charge in [-0.2, -0.15) is 0 Å². The van der Waals surface area contributed by atoms with Crippen molar-refractivity contribution in [2.24, 2.45) is 0 Å². The summed E-state index contributed by atoms with van der Waals surface area (Å²) < 4.78 is 10.6. The van der Waals surface area contributed by atoms with Gasteiger partial charge in [0.05, 0.1) is 18.7 Å². The number of aromatic nitrogens is 1. The van der Waals surface area contributed by atoms with Gasteiger partial charge in [-0.1, -0.05) is 13.8 Å². The minimum atomic E-state index is -0.285. The van der Waals surface area contributed by atoms with Crippen LogP contribution in [0.3, 0.4) is 0 Å². The van der Waals surface area contributed by atoms with E-state index in [0.29, 0.717) is 19.4 Å². The average molecular weight is 285 g/mol. The van der Waals surface area contributed by atoms with Gasteiger partial charge in [0.15, 0.2) is 0 Å².